The Kier molecular flexibility index (Phi) is 3.47. The highest BCUT2D eigenvalue weighted by Crippen LogP contribution is 2.30. The Morgan fingerprint density at radius 3 is 2.94 bits per heavy atom. The van der Waals surface area contributed by atoms with Gasteiger partial charge in [0.15, 0.2) is 0 Å². The minimum absolute atomic E-state index is 0.00487. The van der Waals surface area contributed by atoms with Gasteiger partial charge in [0.2, 0.25) is 0 Å². The molecule has 2 N–H and O–H groups in total. The van der Waals surface area contributed by atoms with Crippen LogP contribution in [0, 0.1) is 10.1 Å². The van der Waals surface area contributed by atoms with E-state index < -0.39 is 4.92 Å². The van der Waals surface area contributed by atoms with Gasteiger partial charge >= 0.3 is 0 Å². The molecule has 2 aromatic rings. The summed E-state index contributed by atoms with van der Waals surface area (Å²) in [6, 6.07) is 4.30. The topological polar surface area (TPSA) is 83.8 Å². The number of nitro benzene ring substituents is 1. The molecule has 1 unspecified atom stereocenters. The van der Waals surface area contributed by atoms with Crippen LogP contribution >= 0.6 is 11.6 Å². The summed E-state index contributed by atoms with van der Waals surface area (Å²) >= 11 is 5.85. The number of halogens is 1. The molecule has 0 radical (unpaired) electrons. The smallest absolute Gasteiger partial charge is 0.292 e. The molecule has 1 aromatic carbocycles. The Morgan fingerprint density at radius 1 is 1.56 bits per heavy atom. The molecule has 0 spiro atoms. The largest absolute Gasteiger partial charge is 0.373 e. The van der Waals surface area contributed by atoms with E-state index in [0.717, 1.165) is 5.56 Å². The van der Waals surface area contributed by atoms with Crippen LogP contribution in [0.2, 0.25) is 5.02 Å². The molecule has 0 aliphatic carbocycles. The Labute approximate surface area is 108 Å². The first kappa shape index (κ1) is 12.4. The molecule has 0 saturated carbocycles. The van der Waals surface area contributed by atoms with E-state index in [4.69, 9.17) is 11.6 Å². The van der Waals surface area contributed by atoms with Crippen LogP contribution in [-0.4, -0.2) is 15.1 Å². The van der Waals surface area contributed by atoms with Crippen molar-refractivity contribution in [3.63, 3.8) is 0 Å². The van der Waals surface area contributed by atoms with Crippen LogP contribution in [-0.2, 0) is 0 Å². The Bertz CT molecular complexity index is 556. The van der Waals surface area contributed by atoms with Gasteiger partial charge in [0.05, 0.1) is 17.2 Å². The number of aromatic amines is 1. The van der Waals surface area contributed by atoms with Crippen molar-refractivity contribution in [2.45, 2.75) is 13.0 Å². The quantitative estimate of drug-likeness (QED) is 0.658. The van der Waals surface area contributed by atoms with E-state index >= 15 is 0 Å². The highest BCUT2D eigenvalue weighted by molar-refractivity contribution is 6.31. The molecular formula is C11H11ClN4O2. The zero-order chi connectivity index (χ0) is 13.1. The number of hydrogen-bond donors (Lipinski definition) is 2. The van der Waals surface area contributed by atoms with Crippen molar-refractivity contribution in [2.75, 3.05) is 5.32 Å². The molecule has 2 rings (SSSR count). The summed E-state index contributed by atoms with van der Waals surface area (Å²) in [7, 11) is 0. The SMILES string of the molecule is CC(Nc1cc(Cl)ccc1[N+](=O)[O-])c1cn[nH]c1. The van der Waals surface area contributed by atoms with Gasteiger partial charge in [-0.15, -0.1) is 0 Å². The van der Waals surface area contributed by atoms with Crippen LogP contribution in [0.4, 0.5) is 11.4 Å². The van der Waals surface area contributed by atoms with Gasteiger partial charge in [0.1, 0.15) is 5.69 Å². The zero-order valence-electron chi connectivity index (χ0n) is 9.55. The lowest BCUT2D eigenvalue weighted by Crippen LogP contribution is -2.07. The molecule has 1 aromatic heterocycles. The van der Waals surface area contributed by atoms with Crippen molar-refractivity contribution < 1.29 is 4.92 Å². The molecule has 7 heteroatoms. The van der Waals surface area contributed by atoms with Gasteiger partial charge in [-0.25, -0.2) is 0 Å². The number of aromatic nitrogens is 2. The highest BCUT2D eigenvalue weighted by atomic mass is 35.5. The first-order valence-electron chi connectivity index (χ1n) is 5.27. The van der Waals surface area contributed by atoms with E-state index in [1.165, 1.54) is 18.2 Å². The van der Waals surface area contributed by atoms with Crippen molar-refractivity contribution in [1.82, 2.24) is 10.2 Å². The minimum Gasteiger partial charge on any atom is -0.373 e. The molecule has 0 aliphatic rings. The number of rotatable bonds is 4. The standard InChI is InChI=1S/C11H11ClN4O2/c1-7(8-5-13-14-6-8)15-10-4-9(12)2-3-11(10)16(17)18/h2-7,15H,1H3,(H,13,14). The molecule has 0 bridgehead atoms. The average Bonchev–Trinajstić information content (AvgIpc) is 2.81. The van der Waals surface area contributed by atoms with Crippen molar-refractivity contribution in [3.8, 4) is 0 Å². The monoisotopic (exact) mass is 266 g/mol. The van der Waals surface area contributed by atoms with Gasteiger partial charge in [0, 0.05) is 22.8 Å². The lowest BCUT2D eigenvalue weighted by atomic mass is 10.1. The minimum atomic E-state index is -0.444. The van der Waals surface area contributed by atoms with Crippen LogP contribution in [0.1, 0.15) is 18.5 Å². The predicted molar refractivity (Wildman–Crippen MR) is 68.7 cm³/mol. The number of nitrogens with one attached hydrogen (secondary N) is 2. The molecule has 0 amide bonds. The van der Waals surface area contributed by atoms with Crippen molar-refractivity contribution >= 4 is 23.0 Å². The number of hydrogen-bond acceptors (Lipinski definition) is 4. The Hall–Kier alpha value is -2.08. The summed E-state index contributed by atoms with van der Waals surface area (Å²) < 4.78 is 0. The summed E-state index contributed by atoms with van der Waals surface area (Å²) in [5.74, 6) is 0. The molecule has 18 heavy (non-hydrogen) atoms. The van der Waals surface area contributed by atoms with E-state index in [2.05, 4.69) is 15.5 Å². The van der Waals surface area contributed by atoms with Gasteiger partial charge in [-0.3, -0.25) is 15.2 Å². The van der Waals surface area contributed by atoms with E-state index in [-0.39, 0.29) is 11.7 Å². The van der Waals surface area contributed by atoms with E-state index in [9.17, 15) is 10.1 Å². The fraction of sp³-hybridized carbons (Fsp3) is 0.182. The average molecular weight is 267 g/mol. The van der Waals surface area contributed by atoms with Crippen molar-refractivity contribution in [1.29, 1.82) is 0 Å². The van der Waals surface area contributed by atoms with Gasteiger partial charge in [-0.2, -0.15) is 5.10 Å². The number of nitro groups is 1. The summed E-state index contributed by atoms with van der Waals surface area (Å²) in [5, 5.41) is 20.9. The second-order valence-electron chi connectivity index (χ2n) is 3.82. The molecule has 94 valence electrons. The first-order valence-corrected chi connectivity index (χ1v) is 5.65. The third-order valence-electron chi connectivity index (χ3n) is 2.55. The highest BCUT2D eigenvalue weighted by Gasteiger charge is 2.16. The van der Waals surface area contributed by atoms with Crippen LogP contribution < -0.4 is 5.32 Å². The fourth-order valence-corrected chi connectivity index (χ4v) is 1.77. The van der Waals surface area contributed by atoms with Gasteiger partial charge in [0.25, 0.3) is 5.69 Å². The first-order chi connectivity index (χ1) is 8.58. The summed E-state index contributed by atoms with van der Waals surface area (Å²) in [4.78, 5) is 10.5. The Morgan fingerprint density at radius 2 is 2.33 bits per heavy atom. The number of nitrogens with zero attached hydrogens (tertiary/aromatic N) is 2. The van der Waals surface area contributed by atoms with Crippen molar-refractivity contribution in [2.24, 2.45) is 0 Å². The van der Waals surface area contributed by atoms with Gasteiger partial charge in [-0.1, -0.05) is 11.6 Å². The fourth-order valence-electron chi connectivity index (χ4n) is 1.60. The van der Waals surface area contributed by atoms with Gasteiger partial charge < -0.3 is 5.32 Å². The van der Waals surface area contributed by atoms with E-state index in [1.807, 2.05) is 6.92 Å². The number of benzene rings is 1. The molecule has 1 heterocycles. The second kappa shape index (κ2) is 5.05. The summed E-state index contributed by atoms with van der Waals surface area (Å²) in [6.45, 7) is 1.88. The normalized spacial score (nSPS) is 12.1. The second-order valence-corrected chi connectivity index (χ2v) is 4.25. The molecule has 0 fully saturated rings. The third-order valence-corrected chi connectivity index (χ3v) is 2.78. The van der Waals surface area contributed by atoms with Crippen LogP contribution in [0.25, 0.3) is 0 Å². The van der Waals surface area contributed by atoms with Crippen molar-refractivity contribution in [3.05, 3.63) is 51.3 Å². The zero-order valence-corrected chi connectivity index (χ0v) is 10.3. The lowest BCUT2D eigenvalue weighted by Gasteiger charge is -2.13. The third kappa shape index (κ3) is 2.60. The molecule has 0 aliphatic heterocycles. The maximum atomic E-state index is 10.9. The molecule has 0 saturated heterocycles. The van der Waals surface area contributed by atoms with Crippen LogP contribution in [0.5, 0.6) is 0 Å². The molecule has 1 atom stereocenters. The van der Waals surface area contributed by atoms with Crippen LogP contribution in [0.15, 0.2) is 30.6 Å². The number of H-pyrrole nitrogens is 1. The van der Waals surface area contributed by atoms with E-state index in [0.29, 0.717) is 10.7 Å². The molecule has 6 nitrogen and oxygen atoms in total. The number of anilines is 1. The van der Waals surface area contributed by atoms with Crippen LogP contribution in [0.3, 0.4) is 0 Å². The summed E-state index contributed by atoms with van der Waals surface area (Å²) in [5.41, 5.74) is 1.29. The summed E-state index contributed by atoms with van der Waals surface area (Å²) in [6.07, 6.45) is 3.39. The maximum absolute atomic E-state index is 10.9. The predicted octanol–water partition coefficient (Wildman–Crippen LogP) is 3.14. The maximum Gasteiger partial charge on any atom is 0.292 e. The van der Waals surface area contributed by atoms with E-state index in [1.54, 1.807) is 12.4 Å². The Balaban J connectivity index is 2.28. The van der Waals surface area contributed by atoms with Gasteiger partial charge in [-0.05, 0) is 19.1 Å². The molecular weight excluding hydrogens is 256 g/mol. The lowest BCUT2D eigenvalue weighted by molar-refractivity contribution is -0.384.